The molecule has 142 valence electrons. The lowest BCUT2D eigenvalue weighted by Crippen LogP contribution is -2.39. The molecule has 1 N–H and O–H groups in total. The van der Waals surface area contributed by atoms with Gasteiger partial charge in [-0.3, -0.25) is 14.3 Å². The number of para-hydroxylation sites is 1. The third-order valence-corrected chi connectivity index (χ3v) is 5.20. The molecule has 9 heteroatoms. The number of imide groups is 1. The maximum absolute atomic E-state index is 12.6. The second kappa shape index (κ2) is 8.26. The van der Waals surface area contributed by atoms with E-state index in [9.17, 15) is 9.59 Å². The number of carbonyl (C=O) groups excluding carboxylic acids is 2. The monoisotopic (exact) mass is 387 g/mol. The van der Waals surface area contributed by atoms with Gasteiger partial charge in [0.2, 0.25) is 5.91 Å². The van der Waals surface area contributed by atoms with E-state index in [1.165, 1.54) is 16.7 Å². The molecule has 2 heterocycles. The summed E-state index contributed by atoms with van der Waals surface area (Å²) >= 11 is 1.27. The van der Waals surface area contributed by atoms with E-state index in [1.54, 1.807) is 20.1 Å². The van der Waals surface area contributed by atoms with Crippen LogP contribution in [0.5, 0.6) is 5.75 Å². The summed E-state index contributed by atoms with van der Waals surface area (Å²) in [5.74, 6) is 1.07. The van der Waals surface area contributed by atoms with Gasteiger partial charge in [0, 0.05) is 19.6 Å². The van der Waals surface area contributed by atoms with E-state index in [1.807, 2.05) is 28.8 Å². The van der Waals surface area contributed by atoms with Crippen molar-refractivity contribution in [2.24, 2.45) is 0 Å². The molecular weight excluding hydrogens is 366 g/mol. The van der Waals surface area contributed by atoms with Crippen molar-refractivity contribution in [3.63, 3.8) is 0 Å². The van der Waals surface area contributed by atoms with Crippen molar-refractivity contribution in [1.29, 1.82) is 0 Å². The van der Waals surface area contributed by atoms with E-state index in [4.69, 9.17) is 4.74 Å². The maximum Gasteiger partial charge on any atom is 0.324 e. The molecule has 0 unspecified atom stereocenters. The van der Waals surface area contributed by atoms with E-state index in [2.05, 4.69) is 22.1 Å². The van der Waals surface area contributed by atoms with E-state index >= 15 is 0 Å². The molecule has 0 bridgehead atoms. The largest absolute Gasteiger partial charge is 0.496 e. The van der Waals surface area contributed by atoms with Crippen LogP contribution in [0.15, 0.2) is 42.1 Å². The Morgan fingerprint density at radius 3 is 2.89 bits per heavy atom. The van der Waals surface area contributed by atoms with Crippen molar-refractivity contribution >= 4 is 23.7 Å². The molecule has 1 aliphatic rings. The van der Waals surface area contributed by atoms with E-state index in [-0.39, 0.29) is 11.9 Å². The summed E-state index contributed by atoms with van der Waals surface area (Å²) < 4.78 is 7.30. The van der Waals surface area contributed by atoms with Crippen LogP contribution in [0, 0.1) is 0 Å². The molecule has 2 aromatic rings. The molecule has 0 saturated carbocycles. The highest BCUT2D eigenvalue weighted by molar-refractivity contribution is 8.00. The molecule has 0 spiro atoms. The molecule has 1 aliphatic heterocycles. The molecule has 1 aromatic heterocycles. The molecular formula is C18H21N5O3S. The second-order valence-electron chi connectivity index (χ2n) is 5.89. The summed E-state index contributed by atoms with van der Waals surface area (Å²) in [6.07, 6.45) is 1.74. The van der Waals surface area contributed by atoms with Crippen molar-refractivity contribution in [1.82, 2.24) is 25.0 Å². The minimum absolute atomic E-state index is 0.248. The molecule has 27 heavy (non-hydrogen) atoms. The number of nitrogens with zero attached hydrogens (tertiary/aromatic N) is 4. The number of methoxy groups -OCH3 is 1. The van der Waals surface area contributed by atoms with Gasteiger partial charge in [-0.05, 0) is 19.1 Å². The standard InChI is InChI=1S/C18H21N5O3S/c1-4-10-22-15(13-7-5-6-8-14(13)26-3)20-21-18(22)27-12(2)16(24)23-11-9-19-17(23)25/h4-8,12H,1,9-11H2,2-3H3,(H,19,25)/t12-/m0/s1. The Balaban J connectivity index is 1.88. The number of ether oxygens (including phenoxy) is 1. The number of urea groups is 1. The van der Waals surface area contributed by atoms with Crippen LogP contribution in [0.2, 0.25) is 0 Å². The van der Waals surface area contributed by atoms with Crippen molar-refractivity contribution < 1.29 is 14.3 Å². The zero-order valence-electron chi connectivity index (χ0n) is 15.2. The van der Waals surface area contributed by atoms with Gasteiger partial charge >= 0.3 is 6.03 Å². The van der Waals surface area contributed by atoms with Crippen molar-refractivity contribution in [3.8, 4) is 17.1 Å². The number of allylic oxidation sites excluding steroid dienone is 1. The first-order chi connectivity index (χ1) is 13.1. The third kappa shape index (κ3) is 3.82. The van der Waals surface area contributed by atoms with Gasteiger partial charge < -0.3 is 10.1 Å². The normalized spacial score (nSPS) is 14.7. The fourth-order valence-corrected chi connectivity index (χ4v) is 3.73. The minimum Gasteiger partial charge on any atom is -0.496 e. The summed E-state index contributed by atoms with van der Waals surface area (Å²) in [6.45, 7) is 6.90. The van der Waals surface area contributed by atoms with Gasteiger partial charge in [0.05, 0.1) is 17.9 Å². The summed E-state index contributed by atoms with van der Waals surface area (Å²) in [6, 6.07) is 7.19. The van der Waals surface area contributed by atoms with Crippen molar-refractivity contribution in [2.75, 3.05) is 20.2 Å². The van der Waals surface area contributed by atoms with Crippen LogP contribution in [0.1, 0.15) is 6.92 Å². The molecule has 0 radical (unpaired) electrons. The average Bonchev–Trinajstić information content (AvgIpc) is 3.28. The summed E-state index contributed by atoms with van der Waals surface area (Å²) in [5, 5.41) is 11.3. The zero-order valence-corrected chi connectivity index (χ0v) is 16.0. The lowest BCUT2D eigenvalue weighted by molar-refractivity contribution is -0.126. The Labute approximate surface area is 161 Å². The Bertz CT molecular complexity index is 866. The molecule has 1 atom stereocenters. The van der Waals surface area contributed by atoms with Gasteiger partial charge in [-0.2, -0.15) is 0 Å². The van der Waals surface area contributed by atoms with Crippen molar-refractivity contribution in [3.05, 3.63) is 36.9 Å². The fraction of sp³-hybridized carbons (Fsp3) is 0.333. The van der Waals surface area contributed by atoms with Gasteiger partial charge in [-0.15, -0.1) is 16.8 Å². The Kier molecular flexibility index (Phi) is 5.80. The fourth-order valence-electron chi connectivity index (χ4n) is 2.81. The highest BCUT2D eigenvalue weighted by Gasteiger charge is 2.31. The predicted molar refractivity (Wildman–Crippen MR) is 103 cm³/mol. The molecule has 8 nitrogen and oxygen atoms in total. The van der Waals surface area contributed by atoms with Crippen molar-refractivity contribution in [2.45, 2.75) is 23.9 Å². The van der Waals surface area contributed by atoms with Gasteiger partial charge in [0.15, 0.2) is 11.0 Å². The highest BCUT2D eigenvalue weighted by atomic mass is 32.2. The predicted octanol–water partition coefficient (Wildman–Crippen LogP) is 2.17. The topological polar surface area (TPSA) is 89.4 Å². The summed E-state index contributed by atoms with van der Waals surface area (Å²) in [4.78, 5) is 25.5. The summed E-state index contributed by atoms with van der Waals surface area (Å²) in [7, 11) is 1.60. The molecule has 1 fully saturated rings. The van der Waals surface area contributed by atoms with E-state index in [0.717, 1.165) is 5.56 Å². The number of carbonyl (C=O) groups is 2. The Morgan fingerprint density at radius 2 is 2.22 bits per heavy atom. The van der Waals surface area contributed by atoms with Gasteiger partial charge in [-0.25, -0.2) is 4.79 Å². The van der Waals surface area contributed by atoms with Crippen LogP contribution < -0.4 is 10.1 Å². The lowest BCUT2D eigenvalue weighted by Gasteiger charge is -2.17. The van der Waals surface area contributed by atoms with Crippen LogP contribution >= 0.6 is 11.8 Å². The number of hydrogen-bond donors (Lipinski definition) is 1. The van der Waals surface area contributed by atoms with Crippen LogP contribution in [0.25, 0.3) is 11.4 Å². The van der Waals surface area contributed by atoms with Crippen LogP contribution in [-0.4, -0.2) is 57.1 Å². The van der Waals surface area contributed by atoms with Crippen LogP contribution in [0.4, 0.5) is 4.79 Å². The SMILES string of the molecule is C=CCn1c(S[C@@H](C)C(=O)N2CCNC2=O)nnc1-c1ccccc1OC. The lowest BCUT2D eigenvalue weighted by atomic mass is 10.2. The van der Waals surface area contributed by atoms with E-state index in [0.29, 0.717) is 36.4 Å². The smallest absolute Gasteiger partial charge is 0.324 e. The number of amides is 3. The van der Waals surface area contributed by atoms with Crippen LogP contribution in [-0.2, 0) is 11.3 Å². The van der Waals surface area contributed by atoms with Gasteiger partial charge in [-0.1, -0.05) is 30.0 Å². The number of benzene rings is 1. The number of hydrogen-bond acceptors (Lipinski definition) is 6. The number of aromatic nitrogens is 3. The third-order valence-electron chi connectivity index (χ3n) is 4.13. The zero-order chi connectivity index (χ0) is 19.4. The first kappa shape index (κ1) is 19.0. The Morgan fingerprint density at radius 1 is 1.44 bits per heavy atom. The number of rotatable bonds is 7. The minimum atomic E-state index is -0.480. The van der Waals surface area contributed by atoms with Gasteiger partial charge in [0.25, 0.3) is 0 Å². The average molecular weight is 387 g/mol. The summed E-state index contributed by atoms with van der Waals surface area (Å²) in [5.41, 5.74) is 0.805. The molecule has 1 aromatic carbocycles. The van der Waals surface area contributed by atoms with Crippen LogP contribution in [0.3, 0.4) is 0 Å². The molecule has 0 aliphatic carbocycles. The number of thioether (sulfide) groups is 1. The second-order valence-corrected chi connectivity index (χ2v) is 7.20. The molecule has 1 saturated heterocycles. The maximum atomic E-state index is 12.6. The Hall–Kier alpha value is -2.81. The molecule has 3 rings (SSSR count). The highest BCUT2D eigenvalue weighted by Crippen LogP contribution is 2.32. The quantitative estimate of drug-likeness (QED) is 0.579. The van der Waals surface area contributed by atoms with E-state index < -0.39 is 5.25 Å². The molecule has 3 amide bonds. The first-order valence-electron chi connectivity index (χ1n) is 8.50. The first-order valence-corrected chi connectivity index (χ1v) is 9.38. The van der Waals surface area contributed by atoms with Gasteiger partial charge in [0.1, 0.15) is 5.75 Å². The number of nitrogens with one attached hydrogen (secondary N) is 1.